The van der Waals surface area contributed by atoms with Gasteiger partial charge in [0.1, 0.15) is 17.1 Å². The van der Waals surface area contributed by atoms with Gasteiger partial charge in [-0.05, 0) is 31.2 Å². The number of ether oxygens (including phenoxy) is 3. The lowest BCUT2D eigenvalue weighted by atomic mass is 9.92. The molecule has 0 bridgehead atoms. The lowest BCUT2D eigenvalue weighted by molar-refractivity contribution is -0.132. The van der Waals surface area contributed by atoms with Crippen molar-refractivity contribution in [3.05, 3.63) is 68.1 Å². The van der Waals surface area contributed by atoms with Crippen molar-refractivity contribution >= 4 is 40.5 Å². The number of aliphatic hydroxyl groups excluding tert-OH is 1. The van der Waals surface area contributed by atoms with Gasteiger partial charge in [0, 0.05) is 46.8 Å². The molecule has 1 aliphatic heterocycles. The topological polar surface area (TPSA) is 118 Å². The van der Waals surface area contributed by atoms with E-state index in [2.05, 4.69) is 4.98 Å². The summed E-state index contributed by atoms with van der Waals surface area (Å²) in [6.45, 7) is 5.44. The molecule has 1 aromatic heterocycles. The highest BCUT2D eigenvalue weighted by Gasteiger charge is 2.40. The zero-order chi connectivity index (χ0) is 28.5. The highest BCUT2D eigenvalue weighted by molar-refractivity contribution is 7.13. The number of aryl methyl sites for hydroxylation is 1. The van der Waals surface area contributed by atoms with Crippen molar-refractivity contribution in [2.45, 2.75) is 39.4 Å². The van der Waals surface area contributed by atoms with Crippen LogP contribution in [0.3, 0.4) is 0 Å². The SMILES string of the molecule is COc1cccc([C@H]2O[C@H](Cc3nc(C)sc3C(=O)O)C(=O)N(CC(C)(C)CO)c3ccc(Cl)cc32)c1OC. The van der Waals surface area contributed by atoms with Crippen LogP contribution in [0.15, 0.2) is 36.4 Å². The summed E-state index contributed by atoms with van der Waals surface area (Å²) in [6.07, 6.45) is -2.00. The normalized spacial score (nSPS) is 17.5. The number of hydrogen-bond acceptors (Lipinski definition) is 8. The van der Waals surface area contributed by atoms with E-state index in [1.165, 1.54) is 14.2 Å². The number of carboxylic acid groups (broad SMARTS) is 1. The van der Waals surface area contributed by atoms with Crippen molar-refractivity contribution in [2.75, 3.05) is 32.3 Å². The minimum Gasteiger partial charge on any atom is -0.493 e. The van der Waals surface area contributed by atoms with Crippen LogP contribution in [0.5, 0.6) is 11.5 Å². The number of carbonyl (C=O) groups is 2. The molecule has 2 N–H and O–H groups in total. The van der Waals surface area contributed by atoms with E-state index in [9.17, 15) is 19.8 Å². The molecule has 0 saturated carbocycles. The second-order valence-corrected chi connectivity index (χ2v) is 11.7. The first-order valence-corrected chi connectivity index (χ1v) is 13.5. The number of carboxylic acids is 1. The fraction of sp³-hybridized carbons (Fsp3) is 0.393. The number of thiazole rings is 1. The third-order valence-electron chi connectivity index (χ3n) is 6.51. The van der Waals surface area contributed by atoms with Gasteiger partial charge >= 0.3 is 5.97 Å². The van der Waals surface area contributed by atoms with Crippen molar-refractivity contribution in [1.82, 2.24) is 4.98 Å². The monoisotopic (exact) mass is 574 g/mol. The zero-order valence-corrected chi connectivity index (χ0v) is 23.9. The van der Waals surface area contributed by atoms with Gasteiger partial charge in [0.25, 0.3) is 5.91 Å². The number of aromatic carboxylic acids is 1. The summed E-state index contributed by atoms with van der Waals surface area (Å²) >= 11 is 7.51. The molecule has 2 heterocycles. The minimum atomic E-state index is -1.11. The molecule has 0 unspecified atom stereocenters. The first kappa shape index (κ1) is 28.8. The Balaban J connectivity index is 1.93. The number of nitrogens with zero attached hydrogens (tertiary/aromatic N) is 2. The van der Waals surface area contributed by atoms with Crippen LogP contribution in [0.4, 0.5) is 5.69 Å². The lowest BCUT2D eigenvalue weighted by Gasteiger charge is -2.32. The van der Waals surface area contributed by atoms with Crippen LogP contribution in [-0.2, 0) is 16.0 Å². The number of benzene rings is 2. The number of fused-ring (bicyclic) bond motifs is 1. The van der Waals surface area contributed by atoms with E-state index >= 15 is 0 Å². The Morgan fingerprint density at radius 3 is 2.59 bits per heavy atom. The minimum absolute atomic E-state index is 0.0615. The van der Waals surface area contributed by atoms with E-state index in [0.717, 1.165) is 11.3 Å². The van der Waals surface area contributed by atoms with Crippen LogP contribution < -0.4 is 14.4 Å². The number of aliphatic hydroxyl groups is 1. The third-order valence-corrected chi connectivity index (χ3v) is 7.75. The van der Waals surface area contributed by atoms with E-state index in [1.54, 1.807) is 42.2 Å². The van der Waals surface area contributed by atoms with Crippen molar-refractivity contribution < 1.29 is 34.0 Å². The molecular formula is C28H31ClN2O7S. The van der Waals surface area contributed by atoms with Gasteiger partial charge < -0.3 is 29.3 Å². The Kier molecular flexibility index (Phi) is 8.51. The largest absolute Gasteiger partial charge is 0.493 e. The molecule has 4 rings (SSSR count). The highest BCUT2D eigenvalue weighted by atomic mass is 35.5. The van der Waals surface area contributed by atoms with Gasteiger partial charge in [0.2, 0.25) is 0 Å². The summed E-state index contributed by atoms with van der Waals surface area (Å²) in [5.41, 5.74) is 1.41. The first-order chi connectivity index (χ1) is 18.5. The van der Waals surface area contributed by atoms with Gasteiger partial charge in [0.05, 0.1) is 24.9 Å². The summed E-state index contributed by atoms with van der Waals surface area (Å²) in [5, 5.41) is 20.8. The maximum absolute atomic E-state index is 14.2. The second-order valence-electron chi connectivity index (χ2n) is 10.1. The Morgan fingerprint density at radius 2 is 1.95 bits per heavy atom. The number of anilines is 1. The molecular weight excluding hydrogens is 544 g/mol. The number of rotatable bonds is 9. The smallest absolute Gasteiger partial charge is 0.347 e. The van der Waals surface area contributed by atoms with Crippen molar-refractivity contribution in [1.29, 1.82) is 0 Å². The maximum atomic E-state index is 14.2. The molecule has 0 fully saturated rings. The highest BCUT2D eigenvalue weighted by Crippen LogP contribution is 2.45. The number of halogens is 1. The van der Waals surface area contributed by atoms with E-state index in [0.29, 0.717) is 38.3 Å². The van der Waals surface area contributed by atoms with Crippen molar-refractivity contribution in [3.8, 4) is 11.5 Å². The average Bonchev–Trinajstić information content (AvgIpc) is 3.24. The van der Waals surface area contributed by atoms with E-state index in [-0.39, 0.29) is 36.1 Å². The molecule has 2 atom stereocenters. The molecule has 1 aliphatic rings. The maximum Gasteiger partial charge on any atom is 0.347 e. The van der Waals surface area contributed by atoms with Crippen molar-refractivity contribution in [3.63, 3.8) is 0 Å². The predicted octanol–water partition coefficient (Wildman–Crippen LogP) is 4.90. The van der Waals surface area contributed by atoms with Crippen LogP contribution in [0.1, 0.15) is 51.5 Å². The number of para-hydroxylation sites is 1. The second kappa shape index (κ2) is 11.5. The van der Waals surface area contributed by atoms with Gasteiger partial charge in [-0.15, -0.1) is 11.3 Å². The number of carbonyl (C=O) groups excluding carboxylic acids is 1. The molecule has 2 aromatic carbocycles. The summed E-state index contributed by atoms with van der Waals surface area (Å²) in [6, 6.07) is 10.6. The van der Waals surface area contributed by atoms with Gasteiger partial charge in [-0.25, -0.2) is 9.78 Å². The molecule has 0 saturated heterocycles. The van der Waals surface area contributed by atoms with Gasteiger partial charge in [-0.1, -0.05) is 37.6 Å². The fourth-order valence-electron chi connectivity index (χ4n) is 4.66. The number of aromatic nitrogens is 1. The number of hydrogen-bond donors (Lipinski definition) is 2. The Labute approximate surface area is 235 Å². The molecule has 0 spiro atoms. The quantitative estimate of drug-likeness (QED) is 0.370. The fourth-order valence-corrected chi connectivity index (χ4v) is 5.62. The first-order valence-electron chi connectivity index (χ1n) is 12.3. The van der Waals surface area contributed by atoms with Crippen LogP contribution in [0.25, 0.3) is 0 Å². The molecule has 0 radical (unpaired) electrons. The van der Waals surface area contributed by atoms with E-state index < -0.39 is 23.6 Å². The molecule has 0 aliphatic carbocycles. The average molecular weight is 575 g/mol. The van der Waals surface area contributed by atoms with Gasteiger partial charge in [-0.3, -0.25) is 4.79 Å². The summed E-state index contributed by atoms with van der Waals surface area (Å²) in [4.78, 5) is 32.2. The molecule has 208 valence electrons. The lowest BCUT2D eigenvalue weighted by Crippen LogP contribution is -2.46. The van der Waals surface area contributed by atoms with Crippen LogP contribution in [-0.4, -0.2) is 60.5 Å². The Bertz CT molecular complexity index is 1390. The van der Waals surface area contributed by atoms with Crippen LogP contribution in [0.2, 0.25) is 5.02 Å². The molecule has 1 amide bonds. The zero-order valence-electron chi connectivity index (χ0n) is 22.4. The van der Waals surface area contributed by atoms with Gasteiger partial charge in [0.15, 0.2) is 11.5 Å². The standard InChI is InChI=1S/C28H31ClN2O7S/c1-15-30-19(25(39-15)27(34)35)12-22-26(33)31(13-28(2,3)14-32)20-10-9-16(29)11-18(20)23(38-22)17-7-6-8-21(36-4)24(17)37-5/h6-11,22-23,32H,12-14H2,1-5H3,(H,34,35)/t22-,23-/m1/s1. The van der Waals surface area contributed by atoms with Crippen LogP contribution >= 0.6 is 22.9 Å². The number of methoxy groups -OCH3 is 2. The van der Waals surface area contributed by atoms with E-state index in [4.69, 9.17) is 25.8 Å². The number of amides is 1. The summed E-state index contributed by atoms with van der Waals surface area (Å²) in [5.74, 6) is -0.583. The van der Waals surface area contributed by atoms with E-state index in [1.807, 2.05) is 19.9 Å². The molecule has 39 heavy (non-hydrogen) atoms. The molecule has 3 aromatic rings. The molecule has 9 nitrogen and oxygen atoms in total. The van der Waals surface area contributed by atoms with Crippen molar-refractivity contribution in [2.24, 2.45) is 5.41 Å². The Hall–Kier alpha value is -3.18. The summed E-state index contributed by atoms with van der Waals surface area (Å²) in [7, 11) is 3.05. The van der Waals surface area contributed by atoms with Gasteiger partial charge in [-0.2, -0.15) is 0 Å². The third kappa shape index (κ3) is 5.89. The summed E-state index contributed by atoms with van der Waals surface area (Å²) < 4.78 is 17.8. The predicted molar refractivity (Wildman–Crippen MR) is 148 cm³/mol. The van der Waals surface area contributed by atoms with Crippen LogP contribution in [0, 0.1) is 12.3 Å². The Morgan fingerprint density at radius 1 is 1.21 bits per heavy atom. The molecule has 11 heteroatoms.